The van der Waals surface area contributed by atoms with Crippen molar-refractivity contribution in [2.45, 2.75) is 12.8 Å². The van der Waals surface area contributed by atoms with Gasteiger partial charge in [-0.2, -0.15) is 4.98 Å². The number of hydrogen-bond acceptors (Lipinski definition) is 6. The second-order valence-corrected chi connectivity index (χ2v) is 6.30. The second kappa shape index (κ2) is 6.95. The second-order valence-electron chi connectivity index (χ2n) is 6.30. The Morgan fingerprint density at radius 2 is 2.19 bits per heavy atom. The lowest BCUT2D eigenvalue weighted by Gasteiger charge is -2.36. The first kappa shape index (κ1) is 16.3. The number of aromatic nitrogens is 3. The highest BCUT2D eigenvalue weighted by molar-refractivity contribution is 5.78. The van der Waals surface area contributed by atoms with Crippen molar-refractivity contribution >= 4 is 5.91 Å². The fourth-order valence-electron chi connectivity index (χ4n) is 2.79. The van der Waals surface area contributed by atoms with Crippen LogP contribution in [-0.2, 0) is 4.79 Å². The molecule has 0 saturated carbocycles. The Morgan fingerprint density at radius 3 is 2.96 bits per heavy atom. The molecule has 26 heavy (non-hydrogen) atoms. The lowest BCUT2D eigenvalue weighted by Crippen LogP contribution is -2.50. The molecule has 7 heteroatoms. The Labute approximate surface area is 150 Å². The molecule has 3 aromatic rings. The number of ether oxygens (including phenoxy) is 1. The smallest absolute Gasteiger partial charge is 0.260 e. The molecule has 0 aliphatic carbocycles. The van der Waals surface area contributed by atoms with Crippen LogP contribution >= 0.6 is 0 Å². The van der Waals surface area contributed by atoms with E-state index >= 15 is 0 Å². The van der Waals surface area contributed by atoms with Gasteiger partial charge in [0, 0.05) is 31.0 Å². The van der Waals surface area contributed by atoms with Crippen LogP contribution in [0.5, 0.6) is 5.75 Å². The van der Waals surface area contributed by atoms with Gasteiger partial charge < -0.3 is 14.2 Å². The minimum Gasteiger partial charge on any atom is -0.484 e. The van der Waals surface area contributed by atoms with Gasteiger partial charge in [0.2, 0.25) is 11.7 Å². The lowest BCUT2D eigenvalue weighted by atomic mass is 10.0. The summed E-state index contributed by atoms with van der Waals surface area (Å²) in [6.45, 7) is 3.13. The standard InChI is InChI=1S/C19H18N4O3/c1-13-4-2-6-16(8-13)25-12-17(24)23-10-15(11-23)19-21-18(22-26-19)14-5-3-7-20-9-14/h2-9,15H,10-12H2,1H3. The fraction of sp³-hybridized carbons (Fsp3) is 0.263. The van der Waals surface area contributed by atoms with Crippen LogP contribution in [-0.4, -0.2) is 45.6 Å². The number of amides is 1. The van der Waals surface area contributed by atoms with Crippen molar-refractivity contribution in [2.24, 2.45) is 0 Å². The maximum Gasteiger partial charge on any atom is 0.260 e. The maximum absolute atomic E-state index is 12.2. The molecule has 1 aliphatic rings. The maximum atomic E-state index is 12.2. The SMILES string of the molecule is Cc1cccc(OCC(=O)N2CC(c3nc(-c4cccnc4)no3)C2)c1. The van der Waals surface area contributed by atoms with Crippen LogP contribution in [0.15, 0.2) is 53.3 Å². The van der Waals surface area contributed by atoms with Crippen molar-refractivity contribution in [1.82, 2.24) is 20.0 Å². The molecule has 1 amide bonds. The zero-order chi connectivity index (χ0) is 17.9. The normalized spacial score (nSPS) is 14.1. The zero-order valence-electron chi connectivity index (χ0n) is 14.3. The summed E-state index contributed by atoms with van der Waals surface area (Å²) in [5.41, 5.74) is 1.90. The molecule has 0 atom stereocenters. The molecule has 0 bridgehead atoms. The molecule has 0 spiro atoms. The van der Waals surface area contributed by atoms with Gasteiger partial charge in [0.25, 0.3) is 5.91 Å². The molecule has 1 fully saturated rings. The summed E-state index contributed by atoms with van der Waals surface area (Å²) in [5, 5.41) is 3.99. The molecule has 0 unspecified atom stereocenters. The average molecular weight is 350 g/mol. The number of carbonyl (C=O) groups is 1. The number of likely N-dealkylation sites (tertiary alicyclic amines) is 1. The number of aryl methyl sites for hydroxylation is 1. The number of benzene rings is 1. The van der Waals surface area contributed by atoms with E-state index in [0.717, 1.165) is 11.1 Å². The number of carbonyl (C=O) groups excluding carboxylic acids is 1. The molecule has 7 nitrogen and oxygen atoms in total. The molecule has 132 valence electrons. The molecule has 1 aromatic carbocycles. The quantitative estimate of drug-likeness (QED) is 0.703. The predicted octanol–water partition coefficient (Wildman–Crippen LogP) is 2.44. The number of pyridine rings is 1. The fourth-order valence-corrected chi connectivity index (χ4v) is 2.79. The van der Waals surface area contributed by atoms with E-state index in [4.69, 9.17) is 9.26 Å². The molecule has 1 saturated heterocycles. The predicted molar refractivity (Wildman–Crippen MR) is 93.5 cm³/mol. The third-order valence-corrected chi connectivity index (χ3v) is 4.30. The van der Waals surface area contributed by atoms with Gasteiger partial charge in [-0.1, -0.05) is 17.3 Å². The van der Waals surface area contributed by atoms with E-state index < -0.39 is 0 Å². The van der Waals surface area contributed by atoms with Crippen LogP contribution in [0.1, 0.15) is 17.4 Å². The molecule has 4 rings (SSSR count). The van der Waals surface area contributed by atoms with E-state index in [0.29, 0.717) is 30.6 Å². The molecule has 2 aromatic heterocycles. The van der Waals surface area contributed by atoms with Crippen molar-refractivity contribution < 1.29 is 14.1 Å². The minimum atomic E-state index is -0.0465. The minimum absolute atomic E-state index is 0.0287. The molecule has 3 heterocycles. The summed E-state index contributed by atoms with van der Waals surface area (Å²) in [5.74, 6) is 1.78. The van der Waals surface area contributed by atoms with E-state index in [1.54, 1.807) is 17.3 Å². The number of rotatable bonds is 5. The van der Waals surface area contributed by atoms with Gasteiger partial charge in [-0.3, -0.25) is 9.78 Å². The van der Waals surface area contributed by atoms with Crippen LogP contribution in [0.4, 0.5) is 0 Å². The third-order valence-electron chi connectivity index (χ3n) is 4.30. The first-order valence-electron chi connectivity index (χ1n) is 8.40. The largest absolute Gasteiger partial charge is 0.484 e. The van der Waals surface area contributed by atoms with Gasteiger partial charge in [0.15, 0.2) is 6.61 Å². The van der Waals surface area contributed by atoms with Crippen molar-refractivity contribution in [1.29, 1.82) is 0 Å². The Morgan fingerprint density at radius 1 is 1.31 bits per heavy atom. The highest BCUT2D eigenvalue weighted by Crippen LogP contribution is 2.27. The van der Waals surface area contributed by atoms with Gasteiger partial charge in [-0.15, -0.1) is 0 Å². The van der Waals surface area contributed by atoms with E-state index in [1.165, 1.54) is 0 Å². The van der Waals surface area contributed by atoms with E-state index in [1.807, 2.05) is 43.3 Å². The molecule has 0 N–H and O–H groups in total. The highest BCUT2D eigenvalue weighted by atomic mass is 16.5. The Hall–Kier alpha value is -3.22. The lowest BCUT2D eigenvalue weighted by molar-refractivity contribution is -0.138. The van der Waals surface area contributed by atoms with E-state index in [-0.39, 0.29) is 18.4 Å². The van der Waals surface area contributed by atoms with Crippen LogP contribution in [0.3, 0.4) is 0 Å². The van der Waals surface area contributed by atoms with E-state index in [2.05, 4.69) is 15.1 Å². The Bertz CT molecular complexity index is 904. The summed E-state index contributed by atoms with van der Waals surface area (Å²) >= 11 is 0. The zero-order valence-corrected chi connectivity index (χ0v) is 14.3. The summed E-state index contributed by atoms with van der Waals surface area (Å²) in [7, 11) is 0. The van der Waals surface area contributed by atoms with Crippen LogP contribution < -0.4 is 4.74 Å². The molecule has 0 radical (unpaired) electrons. The van der Waals surface area contributed by atoms with Crippen LogP contribution in [0.25, 0.3) is 11.4 Å². The van der Waals surface area contributed by atoms with Gasteiger partial charge in [-0.25, -0.2) is 0 Å². The summed E-state index contributed by atoms with van der Waals surface area (Å²) in [6, 6.07) is 11.3. The summed E-state index contributed by atoms with van der Waals surface area (Å²) in [4.78, 5) is 22.4. The van der Waals surface area contributed by atoms with Crippen molar-refractivity contribution in [3.8, 4) is 17.1 Å². The Balaban J connectivity index is 1.30. The van der Waals surface area contributed by atoms with Gasteiger partial charge in [-0.05, 0) is 36.8 Å². The highest BCUT2D eigenvalue weighted by Gasteiger charge is 2.35. The topological polar surface area (TPSA) is 81.4 Å². The van der Waals surface area contributed by atoms with Gasteiger partial charge in [0.1, 0.15) is 5.75 Å². The first-order chi connectivity index (χ1) is 12.7. The molecular formula is C19H18N4O3. The monoisotopic (exact) mass is 350 g/mol. The number of hydrogen-bond donors (Lipinski definition) is 0. The summed E-state index contributed by atoms with van der Waals surface area (Å²) in [6.07, 6.45) is 3.38. The third kappa shape index (κ3) is 3.42. The molecular weight excluding hydrogens is 332 g/mol. The molecule has 1 aliphatic heterocycles. The van der Waals surface area contributed by atoms with Gasteiger partial charge in [0.05, 0.1) is 5.92 Å². The summed E-state index contributed by atoms with van der Waals surface area (Å²) < 4.78 is 10.9. The van der Waals surface area contributed by atoms with E-state index in [9.17, 15) is 4.79 Å². The van der Waals surface area contributed by atoms with Crippen molar-refractivity contribution in [2.75, 3.05) is 19.7 Å². The van der Waals surface area contributed by atoms with Crippen molar-refractivity contribution in [3.63, 3.8) is 0 Å². The van der Waals surface area contributed by atoms with Gasteiger partial charge >= 0.3 is 0 Å². The van der Waals surface area contributed by atoms with Crippen molar-refractivity contribution in [3.05, 3.63) is 60.2 Å². The number of nitrogens with zero attached hydrogens (tertiary/aromatic N) is 4. The van der Waals surface area contributed by atoms with Crippen LogP contribution in [0, 0.1) is 6.92 Å². The first-order valence-corrected chi connectivity index (χ1v) is 8.40. The average Bonchev–Trinajstić information content (AvgIpc) is 3.09. The Kier molecular flexibility index (Phi) is 4.35. The van der Waals surface area contributed by atoms with Crippen LogP contribution in [0.2, 0.25) is 0 Å².